The van der Waals surface area contributed by atoms with Gasteiger partial charge in [-0.2, -0.15) is 13.2 Å². The lowest BCUT2D eigenvalue weighted by Crippen LogP contribution is -2.29. The maximum absolute atomic E-state index is 12.4. The quantitative estimate of drug-likeness (QED) is 0.703. The molecule has 0 unspecified atom stereocenters. The van der Waals surface area contributed by atoms with Crippen LogP contribution in [-0.4, -0.2) is 23.9 Å². The van der Waals surface area contributed by atoms with Crippen molar-refractivity contribution in [3.05, 3.63) is 59.7 Å². The summed E-state index contributed by atoms with van der Waals surface area (Å²) >= 11 is 0. The summed E-state index contributed by atoms with van der Waals surface area (Å²) in [4.78, 5) is 35.8. The van der Waals surface area contributed by atoms with Gasteiger partial charge in [-0.25, -0.2) is 4.90 Å². The summed E-state index contributed by atoms with van der Waals surface area (Å²) in [6, 6.07) is 9.67. The zero-order chi connectivity index (χ0) is 19.3. The minimum atomic E-state index is -4.96. The highest BCUT2D eigenvalue weighted by atomic mass is 19.4. The first-order chi connectivity index (χ1) is 12.7. The van der Waals surface area contributed by atoms with Crippen LogP contribution in [0.2, 0.25) is 0 Å². The van der Waals surface area contributed by atoms with Crippen LogP contribution in [0.4, 0.5) is 24.5 Å². The van der Waals surface area contributed by atoms with Crippen LogP contribution in [-0.2, 0) is 20.8 Å². The van der Waals surface area contributed by atoms with Crippen LogP contribution < -0.4 is 10.2 Å². The highest BCUT2D eigenvalue weighted by molar-refractivity contribution is 6.28. The third-order valence-electron chi connectivity index (χ3n) is 4.45. The third-order valence-corrected chi connectivity index (χ3v) is 4.45. The second-order valence-corrected chi connectivity index (χ2v) is 6.19. The Morgan fingerprint density at radius 2 is 1.52 bits per heavy atom. The van der Waals surface area contributed by atoms with Gasteiger partial charge in [0.2, 0.25) is 0 Å². The van der Waals surface area contributed by atoms with E-state index in [0.717, 1.165) is 27.2 Å². The van der Waals surface area contributed by atoms with Gasteiger partial charge in [0.05, 0.1) is 5.69 Å². The predicted octanol–water partition coefficient (Wildman–Crippen LogP) is 3.19. The molecule has 0 bridgehead atoms. The molecular weight excluding hydrogens is 361 g/mol. The molecule has 0 saturated carbocycles. The monoisotopic (exact) mass is 372 g/mol. The SMILES string of the molecule is O=C1C=CC(=O)N1c1ccc2c(c1)Cc1cc(NC(=O)C(F)(F)F)ccc1-2. The van der Waals surface area contributed by atoms with Crippen LogP contribution >= 0.6 is 0 Å². The molecule has 2 aromatic carbocycles. The van der Waals surface area contributed by atoms with Gasteiger partial charge in [-0.15, -0.1) is 0 Å². The minimum Gasteiger partial charge on any atom is -0.318 e. The van der Waals surface area contributed by atoms with E-state index in [-0.39, 0.29) is 5.69 Å². The highest BCUT2D eigenvalue weighted by Gasteiger charge is 2.38. The van der Waals surface area contributed by atoms with Crippen LogP contribution in [0.25, 0.3) is 11.1 Å². The average Bonchev–Trinajstić information content (AvgIpc) is 3.12. The Bertz CT molecular complexity index is 1020. The van der Waals surface area contributed by atoms with E-state index >= 15 is 0 Å². The smallest absolute Gasteiger partial charge is 0.318 e. The summed E-state index contributed by atoms with van der Waals surface area (Å²) in [5, 5.41) is 1.84. The Morgan fingerprint density at radius 3 is 2.15 bits per heavy atom. The molecule has 2 aliphatic rings. The number of carbonyl (C=O) groups excluding carboxylic acids is 3. The fraction of sp³-hybridized carbons (Fsp3) is 0.105. The zero-order valence-corrected chi connectivity index (χ0v) is 13.6. The molecule has 1 heterocycles. The number of alkyl halides is 3. The van der Waals surface area contributed by atoms with Crippen molar-refractivity contribution in [2.45, 2.75) is 12.6 Å². The van der Waals surface area contributed by atoms with Gasteiger partial charge in [-0.3, -0.25) is 14.4 Å². The van der Waals surface area contributed by atoms with E-state index in [1.807, 2.05) is 5.32 Å². The largest absolute Gasteiger partial charge is 0.471 e. The molecule has 27 heavy (non-hydrogen) atoms. The molecule has 0 atom stereocenters. The van der Waals surface area contributed by atoms with Crippen molar-refractivity contribution >= 4 is 29.1 Å². The zero-order valence-electron chi connectivity index (χ0n) is 13.6. The molecule has 1 aliphatic carbocycles. The molecule has 8 heteroatoms. The number of benzene rings is 2. The van der Waals surface area contributed by atoms with Crippen molar-refractivity contribution in [2.75, 3.05) is 10.2 Å². The first-order valence-electron chi connectivity index (χ1n) is 7.94. The Hall–Kier alpha value is -3.42. The lowest BCUT2D eigenvalue weighted by molar-refractivity contribution is -0.167. The molecule has 4 rings (SSSR count). The molecule has 0 aromatic heterocycles. The van der Waals surface area contributed by atoms with Gasteiger partial charge < -0.3 is 5.32 Å². The van der Waals surface area contributed by atoms with E-state index < -0.39 is 23.9 Å². The van der Waals surface area contributed by atoms with E-state index in [9.17, 15) is 27.6 Å². The minimum absolute atomic E-state index is 0.0539. The molecule has 0 spiro atoms. The summed E-state index contributed by atoms with van der Waals surface area (Å²) in [5.74, 6) is -2.88. The Morgan fingerprint density at radius 1 is 0.926 bits per heavy atom. The number of nitrogens with one attached hydrogen (secondary N) is 1. The summed E-state index contributed by atoms with van der Waals surface area (Å²) in [7, 11) is 0. The van der Waals surface area contributed by atoms with Crippen LogP contribution in [0.1, 0.15) is 11.1 Å². The fourth-order valence-electron chi connectivity index (χ4n) is 3.27. The number of imide groups is 1. The van der Waals surface area contributed by atoms with E-state index in [4.69, 9.17) is 0 Å². The van der Waals surface area contributed by atoms with Crippen molar-refractivity contribution in [1.82, 2.24) is 0 Å². The van der Waals surface area contributed by atoms with Crippen molar-refractivity contribution < 1.29 is 27.6 Å². The van der Waals surface area contributed by atoms with Crippen molar-refractivity contribution in [1.29, 1.82) is 0 Å². The Labute approximate surface area is 151 Å². The molecule has 1 N–H and O–H groups in total. The van der Waals surface area contributed by atoms with Gasteiger partial charge in [0.1, 0.15) is 0 Å². The molecule has 0 radical (unpaired) electrons. The lowest BCUT2D eigenvalue weighted by atomic mass is 10.0. The topological polar surface area (TPSA) is 66.5 Å². The Balaban J connectivity index is 1.62. The summed E-state index contributed by atoms with van der Waals surface area (Å²) in [6.07, 6.45) is -2.16. The number of anilines is 2. The first-order valence-corrected chi connectivity index (χ1v) is 7.94. The number of halogens is 3. The first kappa shape index (κ1) is 17.0. The second kappa shape index (κ2) is 5.80. The van der Waals surface area contributed by atoms with Crippen molar-refractivity contribution in [2.24, 2.45) is 0 Å². The number of nitrogens with zero attached hydrogens (tertiary/aromatic N) is 1. The van der Waals surface area contributed by atoms with Crippen molar-refractivity contribution in [3.8, 4) is 11.1 Å². The van der Waals surface area contributed by atoms with Crippen LogP contribution in [0.15, 0.2) is 48.6 Å². The normalized spacial score (nSPS) is 15.1. The predicted molar refractivity (Wildman–Crippen MR) is 91.0 cm³/mol. The number of hydrogen-bond donors (Lipinski definition) is 1. The summed E-state index contributed by atoms with van der Waals surface area (Å²) in [6.45, 7) is 0. The van der Waals surface area contributed by atoms with Gasteiger partial charge in [-0.05, 0) is 52.9 Å². The molecular formula is C19H11F3N2O3. The molecule has 3 amide bonds. The number of carbonyl (C=O) groups is 3. The van der Waals surface area contributed by atoms with Gasteiger partial charge >= 0.3 is 12.1 Å². The second-order valence-electron chi connectivity index (χ2n) is 6.19. The molecule has 1 aliphatic heterocycles. The molecule has 136 valence electrons. The number of fused-ring (bicyclic) bond motifs is 3. The summed E-state index contributed by atoms with van der Waals surface area (Å²) in [5.41, 5.74) is 3.78. The highest BCUT2D eigenvalue weighted by Crippen LogP contribution is 2.40. The van der Waals surface area contributed by atoms with E-state index in [2.05, 4.69) is 0 Å². The molecule has 0 fully saturated rings. The third kappa shape index (κ3) is 2.88. The lowest BCUT2D eigenvalue weighted by Gasteiger charge is -2.15. The van der Waals surface area contributed by atoms with Gasteiger partial charge in [0.15, 0.2) is 0 Å². The maximum Gasteiger partial charge on any atom is 0.471 e. The standard InChI is InChI=1S/C19H11F3N2O3/c20-19(21,22)18(27)23-12-1-3-14-10(8-12)7-11-9-13(2-4-15(11)14)24-16(25)5-6-17(24)26/h1-6,8-9H,7H2,(H,23,27). The molecule has 0 saturated heterocycles. The van der Waals surface area contributed by atoms with E-state index in [0.29, 0.717) is 12.1 Å². The van der Waals surface area contributed by atoms with Crippen LogP contribution in [0.5, 0.6) is 0 Å². The van der Waals surface area contributed by atoms with E-state index in [1.54, 1.807) is 24.3 Å². The van der Waals surface area contributed by atoms with Crippen molar-refractivity contribution in [3.63, 3.8) is 0 Å². The maximum atomic E-state index is 12.4. The van der Waals surface area contributed by atoms with Crippen LogP contribution in [0.3, 0.4) is 0 Å². The fourth-order valence-corrected chi connectivity index (χ4v) is 3.27. The van der Waals surface area contributed by atoms with Gasteiger partial charge in [0, 0.05) is 17.8 Å². The molecule has 5 nitrogen and oxygen atoms in total. The van der Waals surface area contributed by atoms with Gasteiger partial charge in [-0.1, -0.05) is 12.1 Å². The van der Waals surface area contributed by atoms with Gasteiger partial charge in [0.25, 0.3) is 11.8 Å². The van der Waals surface area contributed by atoms with E-state index in [1.165, 1.54) is 24.3 Å². The number of hydrogen-bond acceptors (Lipinski definition) is 3. The number of amides is 3. The average molecular weight is 372 g/mol. The molecule has 2 aromatic rings. The van der Waals surface area contributed by atoms with Crippen LogP contribution in [0, 0.1) is 0 Å². The Kier molecular flexibility index (Phi) is 3.66. The number of rotatable bonds is 2. The summed E-state index contributed by atoms with van der Waals surface area (Å²) < 4.78 is 37.2.